The van der Waals surface area contributed by atoms with Crippen molar-refractivity contribution in [3.8, 4) is 33.4 Å². The van der Waals surface area contributed by atoms with Crippen molar-refractivity contribution in [1.29, 1.82) is 0 Å². The van der Waals surface area contributed by atoms with Crippen LogP contribution in [0.1, 0.15) is 0 Å². The summed E-state index contributed by atoms with van der Waals surface area (Å²) in [6.45, 7) is 0. The molecule has 9 rings (SSSR count). The summed E-state index contributed by atoms with van der Waals surface area (Å²) >= 11 is 0. The molecule has 0 aliphatic rings. The van der Waals surface area contributed by atoms with E-state index in [2.05, 4.69) is 193 Å². The molecule has 1 heterocycles. The Labute approximate surface area is 279 Å². The van der Waals surface area contributed by atoms with E-state index in [1.54, 1.807) is 0 Å². The van der Waals surface area contributed by atoms with E-state index < -0.39 is 0 Å². The second-order valence-corrected chi connectivity index (χ2v) is 12.1. The largest absolute Gasteiger partial charge is 0.454 e. The second-order valence-electron chi connectivity index (χ2n) is 12.1. The first kappa shape index (κ1) is 27.9. The van der Waals surface area contributed by atoms with Gasteiger partial charge in [-0.15, -0.1) is 0 Å². The molecule has 2 nitrogen and oxygen atoms in total. The highest BCUT2D eigenvalue weighted by Crippen LogP contribution is 2.45. The van der Waals surface area contributed by atoms with Crippen molar-refractivity contribution >= 4 is 49.8 Å². The molecule has 1 aromatic heterocycles. The maximum absolute atomic E-state index is 6.83. The van der Waals surface area contributed by atoms with Crippen LogP contribution in [-0.4, -0.2) is 0 Å². The van der Waals surface area contributed by atoms with E-state index in [9.17, 15) is 0 Å². The van der Waals surface area contributed by atoms with Gasteiger partial charge >= 0.3 is 0 Å². The van der Waals surface area contributed by atoms with Gasteiger partial charge in [0.1, 0.15) is 5.58 Å². The quantitative estimate of drug-likeness (QED) is 0.185. The lowest BCUT2D eigenvalue weighted by atomic mass is 9.94. The number of furan rings is 1. The van der Waals surface area contributed by atoms with E-state index in [1.165, 1.54) is 44.2 Å². The van der Waals surface area contributed by atoms with Gasteiger partial charge in [0, 0.05) is 22.1 Å². The van der Waals surface area contributed by atoms with Gasteiger partial charge in [0.25, 0.3) is 0 Å². The molecule has 0 atom stereocenters. The van der Waals surface area contributed by atoms with Crippen molar-refractivity contribution in [3.63, 3.8) is 0 Å². The smallest absolute Gasteiger partial charge is 0.159 e. The van der Waals surface area contributed by atoms with Crippen molar-refractivity contribution in [2.24, 2.45) is 0 Å². The molecule has 226 valence electrons. The van der Waals surface area contributed by atoms with Crippen LogP contribution in [0.15, 0.2) is 192 Å². The Morgan fingerprint density at radius 2 is 0.854 bits per heavy atom. The summed E-state index contributed by atoms with van der Waals surface area (Å²) in [5.41, 5.74) is 12.0. The fraction of sp³-hybridized carbons (Fsp3) is 0. The molecule has 0 fully saturated rings. The highest BCUT2D eigenvalue weighted by atomic mass is 16.3. The van der Waals surface area contributed by atoms with Crippen LogP contribution in [0.4, 0.5) is 17.1 Å². The molecule has 0 aliphatic heterocycles. The van der Waals surface area contributed by atoms with E-state index in [0.29, 0.717) is 0 Å². The minimum atomic E-state index is 0.861. The van der Waals surface area contributed by atoms with Crippen molar-refractivity contribution in [3.05, 3.63) is 188 Å². The number of hydrogen-bond donors (Lipinski definition) is 0. The molecule has 0 unspecified atom stereocenters. The van der Waals surface area contributed by atoms with Gasteiger partial charge in [-0.2, -0.15) is 0 Å². The highest BCUT2D eigenvalue weighted by molar-refractivity contribution is 6.17. The van der Waals surface area contributed by atoms with Crippen LogP contribution in [0.25, 0.3) is 66.1 Å². The van der Waals surface area contributed by atoms with E-state index >= 15 is 0 Å². The summed E-state index contributed by atoms with van der Waals surface area (Å²) in [6, 6.07) is 66.7. The van der Waals surface area contributed by atoms with Crippen molar-refractivity contribution in [2.45, 2.75) is 0 Å². The van der Waals surface area contributed by atoms with Gasteiger partial charge in [0.15, 0.2) is 5.58 Å². The standard InChI is InChI=1S/C46H31NO/c1-3-12-32(13-4-1)34-24-28-37(29-25-34)47(38-30-26-35(27-31-38)33-14-5-2-6-15-33)43-22-10-21-42-45-41(20-11-23-44(45)48-46(42)43)40-19-9-17-36-16-7-8-18-39(36)40/h1-31H. The van der Waals surface area contributed by atoms with Gasteiger partial charge in [0.2, 0.25) is 0 Å². The molecule has 0 spiro atoms. The van der Waals surface area contributed by atoms with Crippen LogP contribution >= 0.6 is 0 Å². The number of anilines is 3. The predicted molar refractivity (Wildman–Crippen MR) is 202 cm³/mol. The monoisotopic (exact) mass is 613 g/mol. The van der Waals surface area contributed by atoms with Gasteiger partial charge in [-0.25, -0.2) is 0 Å². The van der Waals surface area contributed by atoms with Crippen LogP contribution < -0.4 is 4.90 Å². The third kappa shape index (κ3) is 4.83. The van der Waals surface area contributed by atoms with Crippen LogP contribution in [0.5, 0.6) is 0 Å². The second kappa shape index (κ2) is 11.8. The van der Waals surface area contributed by atoms with E-state index in [4.69, 9.17) is 4.42 Å². The number of hydrogen-bond acceptors (Lipinski definition) is 2. The van der Waals surface area contributed by atoms with Crippen LogP contribution in [0.3, 0.4) is 0 Å². The zero-order chi connectivity index (χ0) is 31.9. The molecule has 8 aromatic carbocycles. The number of benzene rings is 8. The van der Waals surface area contributed by atoms with Gasteiger partial charge in [-0.05, 0) is 80.6 Å². The fourth-order valence-corrected chi connectivity index (χ4v) is 6.99. The Morgan fingerprint density at radius 3 is 1.52 bits per heavy atom. The van der Waals surface area contributed by atoms with E-state index in [0.717, 1.165) is 39.0 Å². The van der Waals surface area contributed by atoms with Gasteiger partial charge in [-0.1, -0.05) is 152 Å². The minimum Gasteiger partial charge on any atom is -0.454 e. The molecule has 0 saturated heterocycles. The van der Waals surface area contributed by atoms with Crippen LogP contribution in [0.2, 0.25) is 0 Å². The van der Waals surface area contributed by atoms with Gasteiger partial charge < -0.3 is 9.32 Å². The molecular weight excluding hydrogens is 583 g/mol. The summed E-state index contributed by atoms with van der Waals surface area (Å²) in [6.07, 6.45) is 0. The van der Waals surface area contributed by atoms with Crippen LogP contribution in [-0.2, 0) is 0 Å². The third-order valence-electron chi connectivity index (χ3n) is 9.29. The lowest BCUT2D eigenvalue weighted by molar-refractivity contribution is 0.669. The van der Waals surface area contributed by atoms with E-state index in [-0.39, 0.29) is 0 Å². The Morgan fingerprint density at radius 1 is 0.354 bits per heavy atom. The summed E-state index contributed by atoms with van der Waals surface area (Å²) < 4.78 is 6.83. The minimum absolute atomic E-state index is 0.861. The molecule has 0 amide bonds. The molecule has 0 aliphatic carbocycles. The van der Waals surface area contributed by atoms with Crippen molar-refractivity contribution in [2.75, 3.05) is 4.90 Å². The van der Waals surface area contributed by atoms with Gasteiger partial charge in [0.05, 0.1) is 5.69 Å². The SMILES string of the molecule is c1ccc(-c2ccc(N(c3ccc(-c4ccccc4)cc3)c3cccc4c3oc3cccc(-c5cccc6ccccc56)c34)cc2)cc1. The number of fused-ring (bicyclic) bond motifs is 4. The highest BCUT2D eigenvalue weighted by Gasteiger charge is 2.21. The number of rotatable bonds is 6. The zero-order valence-corrected chi connectivity index (χ0v) is 26.3. The first-order valence-corrected chi connectivity index (χ1v) is 16.4. The fourth-order valence-electron chi connectivity index (χ4n) is 6.99. The molecule has 0 N–H and O–H groups in total. The topological polar surface area (TPSA) is 16.4 Å². The Balaban J connectivity index is 1.24. The summed E-state index contributed by atoms with van der Waals surface area (Å²) in [4.78, 5) is 2.31. The van der Waals surface area contributed by atoms with E-state index in [1.807, 2.05) is 0 Å². The molecule has 9 aromatic rings. The zero-order valence-electron chi connectivity index (χ0n) is 26.3. The van der Waals surface area contributed by atoms with Gasteiger partial charge in [-0.3, -0.25) is 0 Å². The Hall–Kier alpha value is -6.38. The van der Waals surface area contributed by atoms with Crippen molar-refractivity contribution in [1.82, 2.24) is 0 Å². The molecule has 0 radical (unpaired) electrons. The Kier molecular flexibility index (Phi) is 6.84. The molecule has 2 heteroatoms. The molecular formula is C46H31NO. The lowest BCUT2D eigenvalue weighted by Crippen LogP contribution is -2.10. The summed E-state index contributed by atoms with van der Waals surface area (Å²) in [7, 11) is 0. The summed E-state index contributed by atoms with van der Waals surface area (Å²) in [5.74, 6) is 0. The predicted octanol–water partition coefficient (Wildman–Crippen LogP) is 13.2. The Bertz CT molecular complexity index is 2440. The number of para-hydroxylation sites is 1. The summed E-state index contributed by atoms with van der Waals surface area (Å²) in [5, 5.41) is 4.68. The maximum Gasteiger partial charge on any atom is 0.159 e. The number of nitrogens with zero attached hydrogens (tertiary/aromatic N) is 1. The first-order valence-electron chi connectivity index (χ1n) is 16.4. The molecule has 48 heavy (non-hydrogen) atoms. The first-order chi connectivity index (χ1) is 23.8. The molecule has 0 saturated carbocycles. The lowest BCUT2D eigenvalue weighted by Gasteiger charge is -2.26. The third-order valence-corrected chi connectivity index (χ3v) is 9.29. The van der Waals surface area contributed by atoms with Crippen LogP contribution in [0, 0.1) is 0 Å². The van der Waals surface area contributed by atoms with Crippen molar-refractivity contribution < 1.29 is 4.42 Å². The molecule has 0 bridgehead atoms. The normalized spacial score (nSPS) is 11.3. The maximum atomic E-state index is 6.83. The average Bonchev–Trinajstić information content (AvgIpc) is 3.56. The average molecular weight is 614 g/mol.